The number of primary amides is 1. The van der Waals surface area contributed by atoms with Crippen LogP contribution in [0.2, 0.25) is 0 Å². The maximum absolute atomic E-state index is 11.7. The smallest absolute Gasteiger partial charge is 0.254 e. The Morgan fingerprint density at radius 1 is 1.11 bits per heavy atom. The molecular formula is C20H22N6O2. The molecule has 28 heavy (non-hydrogen) atoms. The summed E-state index contributed by atoms with van der Waals surface area (Å²) in [5.41, 5.74) is 12.9. The molecule has 3 rings (SSSR count). The quantitative estimate of drug-likeness (QED) is 0.449. The average Bonchev–Trinajstić information content (AvgIpc) is 2.72. The lowest BCUT2D eigenvalue weighted by Gasteiger charge is -2.12. The fourth-order valence-corrected chi connectivity index (χ4v) is 2.47. The molecule has 0 radical (unpaired) electrons. The maximum atomic E-state index is 11.7. The van der Waals surface area contributed by atoms with Gasteiger partial charge in [-0.2, -0.15) is 4.98 Å². The minimum Gasteiger partial charge on any atom is -0.489 e. The number of nitrogens with zero attached hydrogens (tertiary/aromatic N) is 2. The Morgan fingerprint density at radius 2 is 1.93 bits per heavy atom. The number of carbonyl (C=O) groups excluding carboxylic acids is 1. The summed E-state index contributed by atoms with van der Waals surface area (Å²) in [5, 5.41) is 6.08. The van der Waals surface area contributed by atoms with Crippen molar-refractivity contribution in [1.29, 1.82) is 0 Å². The third-order valence-corrected chi connectivity index (χ3v) is 3.83. The summed E-state index contributed by atoms with van der Waals surface area (Å²) in [6, 6.07) is 17.3. The normalized spacial score (nSPS) is 10.3. The molecule has 0 aliphatic carbocycles. The molecule has 8 heteroatoms. The van der Waals surface area contributed by atoms with E-state index >= 15 is 0 Å². The van der Waals surface area contributed by atoms with Gasteiger partial charge in [0.15, 0.2) is 0 Å². The molecule has 0 saturated heterocycles. The molecule has 0 spiro atoms. The number of nitrogens with two attached hydrogens (primary N) is 2. The molecule has 0 bridgehead atoms. The van der Waals surface area contributed by atoms with E-state index in [-0.39, 0.29) is 5.56 Å². The summed E-state index contributed by atoms with van der Waals surface area (Å²) >= 11 is 0. The molecular weight excluding hydrogens is 356 g/mol. The van der Waals surface area contributed by atoms with E-state index in [1.165, 1.54) is 6.20 Å². The van der Waals surface area contributed by atoms with Gasteiger partial charge in [0.1, 0.15) is 23.7 Å². The highest BCUT2D eigenvalue weighted by molar-refractivity contribution is 5.98. The van der Waals surface area contributed by atoms with E-state index in [0.717, 1.165) is 5.56 Å². The van der Waals surface area contributed by atoms with Gasteiger partial charge in [-0.25, -0.2) is 4.98 Å². The van der Waals surface area contributed by atoms with E-state index < -0.39 is 5.91 Å². The van der Waals surface area contributed by atoms with Gasteiger partial charge in [-0.1, -0.05) is 36.4 Å². The Labute approximate surface area is 162 Å². The molecule has 6 N–H and O–H groups in total. The predicted octanol–water partition coefficient (Wildman–Crippen LogP) is 2.27. The molecule has 0 aliphatic rings. The van der Waals surface area contributed by atoms with Gasteiger partial charge in [0.05, 0.1) is 0 Å². The van der Waals surface area contributed by atoms with E-state index in [1.807, 2.05) is 54.6 Å². The summed E-state index contributed by atoms with van der Waals surface area (Å²) in [6.07, 6.45) is 1.38. The minimum atomic E-state index is -0.621. The van der Waals surface area contributed by atoms with Crippen molar-refractivity contribution in [1.82, 2.24) is 9.97 Å². The number of ether oxygens (including phenoxy) is 1. The number of aromatic nitrogens is 2. The molecule has 0 atom stereocenters. The molecule has 0 fully saturated rings. The third-order valence-electron chi connectivity index (χ3n) is 3.83. The topological polar surface area (TPSA) is 128 Å². The SMILES string of the molecule is NCCNc1ncc(C(N)=O)c(Nc2cccc(OCc3ccccc3)c2)n1. The predicted molar refractivity (Wildman–Crippen MR) is 109 cm³/mol. The van der Waals surface area contributed by atoms with Crippen LogP contribution in [0.4, 0.5) is 17.5 Å². The summed E-state index contributed by atoms with van der Waals surface area (Å²) < 4.78 is 5.83. The first-order valence-corrected chi connectivity index (χ1v) is 8.80. The van der Waals surface area contributed by atoms with E-state index in [4.69, 9.17) is 16.2 Å². The molecule has 1 amide bonds. The van der Waals surface area contributed by atoms with Crippen LogP contribution in [0.25, 0.3) is 0 Å². The monoisotopic (exact) mass is 378 g/mol. The van der Waals surface area contributed by atoms with Crippen molar-refractivity contribution >= 4 is 23.4 Å². The van der Waals surface area contributed by atoms with Crippen LogP contribution in [0.15, 0.2) is 60.8 Å². The van der Waals surface area contributed by atoms with Gasteiger partial charge in [-0.3, -0.25) is 4.79 Å². The maximum Gasteiger partial charge on any atom is 0.254 e. The van der Waals surface area contributed by atoms with Crippen molar-refractivity contribution in [3.8, 4) is 5.75 Å². The summed E-state index contributed by atoms with van der Waals surface area (Å²) in [7, 11) is 0. The van der Waals surface area contributed by atoms with Gasteiger partial charge >= 0.3 is 0 Å². The Bertz CT molecular complexity index is 933. The number of hydrogen-bond donors (Lipinski definition) is 4. The molecule has 3 aromatic rings. The number of hydrogen-bond acceptors (Lipinski definition) is 7. The Balaban J connectivity index is 1.76. The summed E-state index contributed by atoms with van der Waals surface area (Å²) in [5.74, 6) is 0.728. The Kier molecular flexibility index (Phi) is 6.37. The first-order chi connectivity index (χ1) is 13.7. The van der Waals surface area contributed by atoms with Crippen LogP contribution in [-0.2, 0) is 6.61 Å². The number of amides is 1. The molecule has 1 heterocycles. The number of rotatable bonds is 9. The van der Waals surface area contributed by atoms with Crippen molar-refractivity contribution in [2.45, 2.75) is 6.61 Å². The van der Waals surface area contributed by atoms with Crippen molar-refractivity contribution in [3.05, 3.63) is 71.9 Å². The summed E-state index contributed by atoms with van der Waals surface area (Å²) in [4.78, 5) is 20.1. The van der Waals surface area contributed by atoms with E-state index in [0.29, 0.717) is 42.9 Å². The lowest BCUT2D eigenvalue weighted by Crippen LogP contribution is -2.18. The highest BCUT2D eigenvalue weighted by Crippen LogP contribution is 2.23. The van der Waals surface area contributed by atoms with Crippen LogP contribution in [0.1, 0.15) is 15.9 Å². The van der Waals surface area contributed by atoms with Crippen LogP contribution >= 0.6 is 0 Å². The Hall–Kier alpha value is -3.65. The first kappa shape index (κ1) is 19.1. The van der Waals surface area contributed by atoms with Gasteiger partial charge in [-0.15, -0.1) is 0 Å². The highest BCUT2D eigenvalue weighted by atomic mass is 16.5. The minimum absolute atomic E-state index is 0.189. The fourth-order valence-electron chi connectivity index (χ4n) is 2.47. The zero-order valence-electron chi connectivity index (χ0n) is 15.3. The standard InChI is InChI=1S/C20H22N6O2/c21-9-10-23-20-24-12-17(18(22)27)19(26-20)25-15-7-4-8-16(11-15)28-13-14-5-2-1-3-6-14/h1-8,11-12H,9-10,13,21H2,(H2,22,27)(H2,23,24,25,26). The average molecular weight is 378 g/mol. The van der Waals surface area contributed by atoms with Crippen molar-refractivity contribution in [2.24, 2.45) is 11.5 Å². The first-order valence-electron chi connectivity index (χ1n) is 8.80. The fraction of sp³-hybridized carbons (Fsp3) is 0.150. The van der Waals surface area contributed by atoms with Crippen LogP contribution < -0.4 is 26.8 Å². The number of benzene rings is 2. The largest absolute Gasteiger partial charge is 0.489 e. The molecule has 8 nitrogen and oxygen atoms in total. The van der Waals surface area contributed by atoms with Crippen LogP contribution in [-0.4, -0.2) is 29.0 Å². The lowest BCUT2D eigenvalue weighted by molar-refractivity contribution is 0.100. The Morgan fingerprint density at radius 3 is 2.68 bits per heavy atom. The van der Waals surface area contributed by atoms with Gasteiger partial charge in [-0.05, 0) is 17.7 Å². The molecule has 1 aromatic heterocycles. The van der Waals surface area contributed by atoms with Gasteiger partial charge in [0, 0.05) is 31.0 Å². The zero-order valence-corrected chi connectivity index (χ0v) is 15.3. The van der Waals surface area contributed by atoms with Crippen LogP contribution in [0.3, 0.4) is 0 Å². The second-order valence-electron chi connectivity index (χ2n) is 5.96. The second kappa shape index (κ2) is 9.33. The molecule has 0 saturated carbocycles. The van der Waals surface area contributed by atoms with E-state index in [1.54, 1.807) is 0 Å². The highest BCUT2D eigenvalue weighted by Gasteiger charge is 2.12. The number of carbonyl (C=O) groups is 1. The van der Waals surface area contributed by atoms with Crippen molar-refractivity contribution < 1.29 is 9.53 Å². The van der Waals surface area contributed by atoms with E-state index in [9.17, 15) is 4.79 Å². The van der Waals surface area contributed by atoms with Gasteiger partial charge in [0.25, 0.3) is 5.91 Å². The van der Waals surface area contributed by atoms with Gasteiger partial charge < -0.3 is 26.8 Å². The number of nitrogens with one attached hydrogen (secondary N) is 2. The second-order valence-corrected chi connectivity index (χ2v) is 5.96. The third kappa shape index (κ3) is 5.18. The molecule has 144 valence electrons. The van der Waals surface area contributed by atoms with E-state index in [2.05, 4.69) is 20.6 Å². The molecule has 0 aliphatic heterocycles. The molecule has 0 unspecified atom stereocenters. The van der Waals surface area contributed by atoms with Crippen molar-refractivity contribution in [2.75, 3.05) is 23.7 Å². The number of anilines is 3. The van der Waals surface area contributed by atoms with Crippen LogP contribution in [0.5, 0.6) is 5.75 Å². The molecule has 2 aromatic carbocycles. The summed E-state index contributed by atoms with van der Waals surface area (Å²) in [6.45, 7) is 1.40. The van der Waals surface area contributed by atoms with Crippen molar-refractivity contribution in [3.63, 3.8) is 0 Å². The zero-order chi connectivity index (χ0) is 19.8. The van der Waals surface area contributed by atoms with Gasteiger partial charge in [0.2, 0.25) is 5.95 Å². The lowest BCUT2D eigenvalue weighted by atomic mass is 10.2. The van der Waals surface area contributed by atoms with Crippen LogP contribution in [0, 0.1) is 0 Å².